The Bertz CT molecular complexity index is 1310. The molecule has 31 heavy (non-hydrogen) atoms. The second-order valence-corrected chi connectivity index (χ2v) is 7.69. The molecule has 1 amide bonds. The Morgan fingerprint density at radius 2 is 1.87 bits per heavy atom. The molecule has 0 radical (unpaired) electrons. The summed E-state index contributed by atoms with van der Waals surface area (Å²) in [5, 5.41) is 10.3. The van der Waals surface area contributed by atoms with E-state index in [1.807, 2.05) is 66.0 Å². The Morgan fingerprint density at radius 1 is 1.03 bits per heavy atom. The third kappa shape index (κ3) is 4.17. The van der Waals surface area contributed by atoms with Crippen LogP contribution < -0.4 is 10.1 Å². The number of amides is 1. The first-order valence-electron chi connectivity index (χ1n) is 9.65. The van der Waals surface area contributed by atoms with Crippen LogP contribution in [-0.4, -0.2) is 16.0 Å². The molecule has 0 aliphatic carbocycles. The lowest BCUT2D eigenvalue weighted by Gasteiger charge is -2.07. The molecular weight excluding hydrogens is 410 g/mol. The molecule has 0 spiro atoms. The Hall–Kier alpha value is -3.97. The number of hydrogen-bond donors (Lipinski definition) is 1. The van der Waals surface area contributed by atoms with E-state index in [1.54, 1.807) is 18.3 Å². The maximum Gasteiger partial charge on any atom is 0.278 e. The SMILES string of the molecule is O=C(NCc1ccc(Oc2nccs2)cc1)c1ccc2noc(-c3ccccc3)c2c1. The Kier molecular flexibility index (Phi) is 5.16. The zero-order valence-corrected chi connectivity index (χ0v) is 17.1. The fourth-order valence-corrected chi connectivity index (χ4v) is 3.71. The van der Waals surface area contributed by atoms with Crippen molar-refractivity contribution in [3.63, 3.8) is 0 Å². The third-order valence-electron chi connectivity index (χ3n) is 4.77. The van der Waals surface area contributed by atoms with Gasteiger partial charge in [0, 0.05) is 29.2 Å². The molecule has 0 unspecified atom stereocenters. The van der Waals surface area contributed by atoms with E-state index in [0.29, 0.717) is 34.3 Å². The molecule has 1 N–H and O–H groups in total. The number of nitrogens with one attached hydrogen (secondary N) is 1. The summed E-state index contributed by atoms with van der Waals surface area (Å²) in [6, 6.07) is 22.6. The monoisotopic (exact) mass is 427 g/mol. The predicted octanol–water partition coefficient (Wildman–Crippen LogP) is 5.67. The number of hydrogen-bond acceptors (Lipinski definition) is 6. The second-order valence-electron chi connectivity index (χ2n) is 6.84. The Balaban J connectivity index is 1.28. The van der Waals surface area contributed by atoms with E-state index >= 15 is 0 Å². The molecular formula is C24H17N3O3S. The smallest absolute Gasteiger partial charge is 0.278 e. The number of thiazole rings is 1. The fourth-order valence-electron chi connectivity index (χ4n) is 3.20. The molecule has 0 aliphatic heterocycles. The van der Waals surface area contributed by atoms with Gasteiger partial charge in [0.05, 0.1) is 5.39 Å². The maximum atomic E-state index is 12.7. The first-order valence-corrected chi connectivity index (χ1v) is 10.5. The van der Waals surface area contributed by atoms with E-state index in [4.69, 9.17) is 9.26 Å². The van der Waals surface area contributed by atoms with Crippen LogP contribution in [-0.2, 0) is 6.54 Å². The van der Waals surface area contributed by atoms with Crippen LogP contribution in [0.3, 0.4) is 0 Å². The van der Waals surface area contributed by atoms with Gasteiger partial charge in [0.1, 0.15) is 11.3 Å². The number of rotatable bonds is 6. The van der Waals surface area contributed by atoms with Crippen LogP contribution in [0.1, 0.15) is 15.9 Å². The minimum atomic E-state index is -0.162. The van der Waals surface area contributed by atoms with E-state index in [9.17, 15) is 4.79 Å². The van der Waals surface area contributed by atoms with Crippen LogP contribution >= 0.6 is 11.3 Å². The van der Waals surface area contributed by atoms with Crippen molar-refractivity contribution in [1.29, 1.82) is 0 Å². The highest BCUT2D eigenvalue weighted by atomic mass is 32.1. The van der Waals surface area contributed by atoms with Gasteiger partial charge in [-0.15, -0.1) is 0 Å². The van der Waals surface area contributed by atoms with E-state index in [2.05, 4.69) is 15.5 Å². The van der Waals surface area contributed by atoms with Gasteiger partial charge in [-0.05, 0) is 35.9 Å². The highest BCUT2D eigenvalue weighted by molar-refractivity contribution is 7.11. The minimum Gasteiger partial charge on any atom is -0.431 e. The average molecular weight is 427 g/mol. The van der Waals surface area contributed by atoms with Crippen LogP contribution in [0.2, 0.25) is 0 Å². The van der Waals surface area contributed by atoms with Crippen molar-refractivity contribution in [2.75, 3.05) is 0 Å². The van der Waals surface area contributed by atoms with E-state index < -0.39 is 0 Å². The summed E-state index contributed by atoms with van der Waals surface area (Å²) in [7, 11) is 0. The lowest BCUT2D eigenvalue weighted by atomic mass is 10.1. The van der Waals surface area contributed by atoms with Crippen LogP contribution in [0.5, 0.6) is 10.9 Å². The Labute approximate surface area is 182 Å². The summed E-state index contributed by atoms with van der Waals surface area (Å²) in [5.74, 6) is 1.20. The maximum absolute atomic E-state index is 12.7. The van der Waals surface area contributed by atoms with Gasteiger partial charge in [0.2, 0.25) is 0 Å². The number of benzene rings is 3. The van der Waals surface area contributed by atoms with Gasteiger partial charge in [0.25, 0.3) is 11.1 Å². The van der Waals surface area contributed by atoms with Gasteiger partial charge in [-0.3, -0.25) is 4.79 Å². The number of carbonyl (C=O) groups is 1. The van der Waals surface area contributed by atoms with Crippen molar-refractivity contribution in [1.82, 2.24) is 15.5 Å². The minimum absolute atomic E-state index is 0.162. The van der Waals surface area contributed by atoms with Crippen molar-refractivity contribution < 1.29 is 14.1 Å². The molecule has 2 aromatic heterocycles. The van der Waals surface area contributed by atoms with Crippen molar-refractivity contribution in [2.45, 2.75) is 6.54 Å². The third-order valence-corrected chi connectivity index (χ3v) is 5.41. The van der Waals surface area contributed by atoms with Crippen LogP contribution in [0.15, 0.2) is 88.9 Å². The number of nitrogens with zero attached hydrogens (tertiary/aromatic N) is 2. The fraction of sp³-hybridized carbons (Fsp3) is 0.0417. The molecule has 3 aromatic carbocycles. The lowest BCUT2D eigenvalue weighted by molar-refractivity contribution is 0.0951. The van der Waals surface area contributed by atoms with Crippen molar-refractivity contribution >= 4 is 28.1 Å². The zero-order chi connectivity index (χ0) is 21.0. The molecule has 5 rings (SSSR count). The molecule has 0 bridgehead atoms. The first kappa shape index (κ1) is 19.0. The standard InChI is InChI=1S/C24H17N3O3S/c28-23(26-15-16-6-9-19(10-7-16)29-24-25-12-13-31-24)18-8-11-21-20(14-18)22(30-27-21)17-4-2-1-3-5-17/h1-14H,15H2,(H,26,28). The molecule has 7 heteroatoms. The summed E-state index contributed by atoms with van der Waals surface area (Å²) in [6.07, 6.45) is 1.70. The largest absolute Gasteiger partial charge is 0.431 e. The average Bonchev–Trinajstić information content (AvgIpc) is 3.48. The van der Waals surface area contributed by atoms with Crippen molar-refractivity contribution in [2.24, 2.45) is 0 Å². The number of carbonyl (C=O) groups excluding carboxylic acids is 1. The van der Waals surface area contributed by atoms with Crippen LogP contribution in [0.4, 0.5) is 0 Å². The first-order chi connectivity index (χ1) is 15.3. The van der Waals surface area contributed by atoms with Gasteiger partial charge < -0.3 is 14.6 Å². The number of ether oxygens (including phenoxy) is 1. The molecule has 6 nitrogen and oxygen atoms in total. The molecule has 5 aromatic rings. The van der Waals surface area contributed by atoms with E-state index in [0.717, 1.165) is 16.5 Å². The van der Waals surface area contributed by atoms with Gasteiger partial charge in [-0.2, -0.15) is 0 Å². The molecule has 152 valence electrons. The number of fused-ring (bicyclic) bond motifs is 1. The summed E-state index contributed by atoms with van der Waals surface area (Å²) in [6.45, 7) is 0.406. The molecule has 0 saturated carbocycles. The molecule has 0 saturated heterocycles. The van der Waals surface area contributed by atoms with Crippen molar-refractivity contribution in [3.8, 4) is 22.3 Å². The van der Waals surface area contributed by atoms with Crippen molar-refractivity contribution in [3.05, 3.63) is 95.5 Å². The molecule has 0 fully saturated rings. The van der Waals surface area contributed by atoms with Gasteiger partial charge >= 0.3 is 0 Å². The number of aromatic nitrogens is 2. The van der Waals surface area contributed by atoms with Crippen LogP contribution in [0.25, 0.3) is 22.2 Å². The highest BCUT2D eigenvalue weighted by Gasteiger charge is 2.14. The predicted molar refractivity (Wildman–Crippen MR) is 119 cm³/mol. The second kappa shape index (κ2) is 8.41. The quantitative estimate of drug-likeness (QED) is 0.378. The van der Waals surface area contributed by atoms with Gasteiger partial charge in [0.15, 0.2) is 5.76 Å². The van der Waals surface area contributed by atoms with Crippen LogP contribution in [0, 0.1) is 0 Å². The zero-order valence-electron chi connectivity index (χ0n) is 16.3. The Morgan fingerprint density at radius 3 is 2.65 bits per heavy atom. The lowest BCUT2D eigenvalue weighted by Crippen LogP contribution is -2.22. The molecule has 2 heterocycles. The molecule has 0 aliphatic rings. The van der Waals surface area contributed by atoms with Gasteiger partial charge in [-0.25, -0.2) is 4.98 Å². The van der Waals surface area contributed by atoms with E-state index in [-0.39, 0.29) is 5.91 Å². The normalized spacial score (nSPS) is 10.8. The topological polar surface area (TPSA) is 77.2 Å². The highest BCUT2D eigenvalue weighted by Crippen LogP contribution is 2.29. The summed E-state index contributed by atoms with van der Waals surface area (Å²) < 4.78 is 11.2. The molecule has 0 atom stereocenters. The summed E-state index contributed by atoms with van der Waals surface area (Å²) in [5.41, 5.74) is 3.15. The van der Waals surface area contributed by atoms with Gasteiger partial charge in [-0.1, -0.05) is 59.0 Å². The van der Waals surface area contributed by atoms with E-state index in [1.165, 1.54) is 11.3 Å². The summed E-state index contributed by atoms with van der Waals surface area (Å²) >= 11 is 1.43. The summed E-state index contributed by atoms with van der Waals surface area (Å²) in [4.78, 5) is 16.8.